The van der Waals surface area contributed by atoms with Gasteiger partial charge in [0.25, 0.3) is 0 Å². The van der Waals surface area contributed by atoms with Gasteiger partial charge in [0.1, 0.15) is 12.2 Å². The second kappa shape index (κ2) is 10.2. The minimum atomic E-state index is -0.735. The van der Waals surface area contributed by atoms with Crippen molar-refractivity contribution in [2.75, 3.05) is 6.66 Å². The lowest BCUT2D eigenvalue weighted by Crippen LogP contribution is -2.69. The number of benzene rings is 3. The zero-order valence-corrected chi connectivity index (χ0v) is 22.1. The van der Waals surface area contributed by atoms with Gasteiger partial charge in [0.15, 0.2) is 5.78 Å². The number of hydrogen-bond donors (Lipinski definition) is 0. The lowest BCUT2D eigenvalue weighted by Gasteiger charge is -2.62. The number of esters is 2. The molecule has 37 heavy (non-hydrogen) atoms. The molecule has 190 valence electrons. The second-order valence-electron chi connectivity index (χ2n) is 10.3. The summed E-state index contributed by atoms with van der Waals surface area (Å²) in [5, 5.41) is -0.614. The Hall–Kier alpha value is -3.30. The lowest BCUT2D eigenvalue weighted by atomic mass is 9.52. The highest BCUT2D eigenvalue weighted by atomic mass is 31.1. The molecule has 3 fully saturated rings. The van der Waals surface area contributed by atoms with E-state index in [1.165, 1.54) is 0 Å². The van der Waals surface area contributed by atoms with Crippen molar-refractivity contribution in [1.29, 1.82) is 0 Å². The molecule has 0 aromatic heterocycles. The molecule has 6 rings (SSSR count). The quantitative estimate of drug-likeness (QED) is 0.214. The van der Waals surface area contributed by atoms with Gasteiger partial charge in [-0.25, -0.2) is 9.59 Å². The third-order valence-corrected chi connectivity index (χ3v) is 10.0. The first-order chi connectivity index (χ1) is 17.9. The van der Waals surface area contributed by atoms with E-state index in [9.17, 15) is 14.4 Å². The predicted octanol–water partition coefficient (Wildman–Crippen LogP) is 6.19. The van der Waals surface area contributed by atoms with Gasteiger partial charge in [0, 0.05) is 22.1 Å². The molecule has 6 heteroatoms. The number of hydrogen-bond acceptors (Lipinski definition) is 5. The molecule has 3 aromatic rings. The molecular weight excluding hydrogens is 483 g/mol. The van der Waals surface area contributed by atoms with Crippen LogP contribution in [0.5, 0.6) is 0 Å². The Kier molecular flexibility index (Phi) is 7.00. The van der Waals surface area contributed by atoms with Gasteiger partial charge in [-0.15, -0.1) is 8.58 Å². The summed E-state index contributed by atoms with van der Waals surface area (Å²) < 4.78 is 12.5. The van der Waals surface area contributed by atoms with Crippen molar-refractivity contribution in [3.8, 4) is 0 Å². The van der Waals surface area contributed by atoms with E-state index in [0.717, 1.165) is 12.8 Å². The van der Waals surface area contributed by atoms with E-state index < -0.39 is 34.7 Å². The number of Topliss-reactive ketones (excluding diaryl/α,β-unsaturated/α-hetero) is 1. The zero-order valence-electron chi connectivity index (χ0n) is 21.1. The van der Waals surface area contributed by atoms with Crippen molar-refractivity contribution < 1.29 is 23.9 Å². The van der Waals surface area contributed by atoms with Crippen LogP contribution in [0, 0.1) is 11.3 Å². The maximum Gasteiger partial charge on any atom is 0.338 e. The molecule has 0 N–H and O–H groups in total. The summed E-state index contributed by atoms with van der Waals surface area (Å²) in [6.45, 7) is 4.13. The van der Waals surface area contributed by atoms with Gasteiger partial charge < -0.3 is 9.47 Å². The summed E-state index contributed by atoms with van der Waals surface area (Å²) in [5.74, 6) is -1.18. The van der Waals surface area contributed by atoms with Crippen molar-refractivity contribution in [3.05, 3.63) is 108 Å². The molecule has 0 aliphatic heterocycles. The predicted molar refractivity (Wildman–Crippen MR) is 144 cm³/mol. The third kappa shape index (κ3) is 4.62. The molecule has 0 heterocycles. The summed E-state index contributed by atoms with van der Waals surface area (Å²) in [5.41, 5.74) is 1.03. The molecule has 3 aliphatic rings. The van der Waals surface area contributed by atoms with Gasteiger partial charge >= 0.3 is 11.9 Å². The SMILES string of the molecule is CPC12CCC(C)(CC1C(=O)c1ccccc1)C(OC(=O)c1ccccc1)C2OC(=O)c1ccccc1. The average Bonchev–Trinajstić information content (AvgIpc) is 2.95. The molecule has 6 unspecified atom stereocenters. The van der Waals surface area contributed by atoms with Crippen molar-refractivity contribution in [3.63, 3.8) is 0 Å². The maximum absolute atomic E-state index is 13.9. The molecule has 0 spiro atoms. The Labute approximate surface area is 219 Å². The molecule has 5 nitrogen and oxygen atoms in total. The fraction of sp³-hybridized carbons (Fsp3) is 0.323. The van der Waals surface area contributed by atoms with Gasteiger partial charge in [0.05, 0.1) is 11.1 Å². The van der Waals surface area contributed by atoms with E-state index >= 15 is 0 Å². The smallest absolute Gasteiger partial charge is 0.338 e. The van der Waals surface area contributed by atoms with Crippen LogP contribution in [-0.2, 0) is 9.47 Å². The Morgan fingerprint density at radius 1 is 0.703 bits per heavy atom. The Morgan fingerprint density at radius 2 is 1.16 bits per heavy atom. The fourth-order valence-corrected chi connectivity index (χ4v) is 7.56. The molecule has 0 radical (unpaired) electrons. The van der Waals surface area contributed by atoms with Crippen molar-refractivity contribution in [2.24, 2.45) is 11.3 Å². The number of rotatable bonds is 7. The summed E-state index contributed by atoms with van der Waals surface area (Å²) in [4.78, 5) is 40.5. The number of ether oxygens (including phenoxy) is 2. The number of carbonyl (C=O) groups excluding carboxylic acids is 3. The fourth-order valence-electron chi connectivity index (χ4n) is 6.11. The third-order valence-electron chi connectivity index (χ3n) is 8.20. The molecule has 0 saturated heterocycles. The first-order valence-electron chi connectivity index (χ1n) is 12.7. The van der Waals surface area contributed by atoms with Crippen LogP contribution in [0.15, 0.2) is 91.0 Å². The van der Waals surface area contributed by atoms with Crippen LogP contribution < -0.4 is 0 Å². The topological polar surface area (TPSA) is 69.7 Å². The van der Waals surface area contributed by atoms with E-state index in [1.54, 1.807) is 48.5 Å². The Bertz CT molecular complexity index is 1280. The highest BCUT2D eigenvalue weighted by molar-refractivity contribution is 7.39. The van der Waals surface area contributed by atoms with Crippen LogP contribution in [0.25, 0.3) is 0 Å². The molecule has 0 amide bonds. The van der Waals surface area contributed by atoms with E-state index in [0.29, 0.717) is 31.7 Å². The Balaban J connectivity index is 1.55. The van der Waals surface area contributed by atoms with Gasteiger partial charge in [-0.2, -0.15) is 0 Å². The van der Waals surface area contributed by atoms with Crippen LogP contribution in [0.2, 0.25) is 0 Å². The second-order valence-corrected chi connectivity index (χ2v) is 11.7. The summed E-state index contributed by atoms with van der Waals surface area (Å²) in [6, 6.07) is 27.0. The first kappa shape index (κ1) is 25.4. The van der Waals surface area contributed by atoms with Crippen LogP contribution in [0.4, 0.5) is 0 Å². The summed E-state index contributed by atoms with van der Waals surface area (Å²) in [6.07, 6.45) is 0.704. The van der Waals surface area contributed by atoms with E-state index in [4.69, 9.17) is 9.47 Å². The molecule has 2 bridgehead atoms. The highest BCUT2D eigenvalue weighted by Crippen LogP contribution is 2.64. The highest BCUT2D eigenvalue weighted by Gasteiger charge is 2.67. The van der Waals surface area contributed by atoms with E-state index in [2.05, 4.69) is 13.6 Å². The number of fused-ring (bicyclic) bond motifs is 3. The number of ketones is 1. The first-order valence-corrected chi connectivity index (χ1v) is 14.2. The van der Waals surface area contributed by atoms with Crippen molar-refractivity contribution >= 4 is 26.3 Å². The summed E-state index contributed by atoms with van der Waals surface area (Å²) in [7, 11) is 0.317. The average molecular weight is 515 g/mol. The minimum absolute atomic E-state index is 0.0643. The largest absolute Gasteiger partial charge is 0.454 e. The zero-order chi connectivity index (χ0) is 26.0. The molecule has 3 saturated carbocycles. The summed E-state index contributed by atoms with van der Waals surface area (Å²) >= 11 is 0. The lowest BCUT2D eigenvalue weighted by molar-refractivity contribution is -0.159. The van der Waals surface area contributed by atoms with Gasteiger partial charge in [-0.1, -0.05) is 73.7 Å². The molecule has 3 aliphatic carbocycles. The molecule has 3 aromatic carbocycles. The van der Waals surface area contributed by atoms with Crippen molar-refractivity contribution in [2.45, 2.75) is 43.6 Å². The van der Waals surface area contributed by atoms with E-state index in [-0.39, 0.29) is 11.7 Å². The van der Waals surface area contributed by atoms with Crippen molar-refractivity contribution in [1.82, 2.24) is 0 Å². The maximum atomic E-state index is 13.9. The Morgan fingerprint density at radius 3 is 1.65 bits per heavy atom. The minimum Gasteiger partial charge on any atom is -0.454 e. The monoisotopic (exact) mass is 514 g/mol. The van der Waals surface area contributed by atoms with Crippen LogP contribution in [0.1, 0.15) is 57.3 Å². The normalized spacial score (nSPS) is 28.6. The van der Waals surface area contributed by atoms with Gasteiger partial charge in [-0.05, 0) is 50.2 Å². The van der Waals surface area contributed by atoms with Crippen LogP contribution >= 0.6 is 8.58 Å². The van der Waals surface area contributed by atoms with Gasteiger partial charge in [-0.3, -0.25) is 4.79 Å². The van der Waals surface area contributed by atoms with Crippen LogP contribution in [-0.4, -0.2) is 41.8 Å². The molecular formula is C31H31O5P. The number of carbonyl (C=O) groups is 3. The molecule has 6 atom stereocenters. The van der Waals surface area contributed by atoms with Crippen LogP contribution in [0.3, 0.4) is 0 Å². The van der Waals surface area contributed by atoms with Gasteiger partial charge in [0.2, 0.25) is 0 Å². The van der Waals surface area contributed by atoms with E-state index in [1.807, 2.05) is 42.5 Å². The standard InChI is InChI=1S/C31H31O5P/c1-30-18-19-31(37-2,24(20-30)25(32)21-12-6-3-7-13-21)27(36-29(34)23-16-10-5-11-17-23)26(30)35-28(33)22-14-8-4-9-15-22/h3-17,24,26-27,37H,18-20H2,1-2H3.